The summed E-state index contributed by atoms with van der Waals surface area (Å²) in [7, 11) is 0. The van der Waals surface area contributed by atoms with Gasteiger partial charge in [0.1, 0.15) is 10.7 Å². The van der Waals surface area contributed by atoms with E-state index in [4.69, 9.17) is 28.3 Å². The number of aliphatic carboxylic acids is 1. The number of hydrogen-bond donors (Lipinski definition) is 1. The molecule has 1 amide bonds. The Morgan fingerprint density at radius 2 is 2.12 bits per heavy atom. The molecule has 0 aliphatic heterocycles. The molecule has 1 heterocycles. The topological polar surface area (TPSA) is 70.5 Å². The molecule has 1 N–H and O–H groups in total. The van der Waals surface area contributed by atoms with Gasteiger partial charge in [0.05, 0.1) is 10.9 Å². The molecule has 1 aliphatic rings. The van der Waals surface area contributed by atoms with Gasteiger partial charge in [0.25, 0.3) is 5.91 Å². The minimum atomic E-state index is -0.912. The average molecular weight is 399 g/mol. The zero-order valence-electron chi connectivity index (χ0n) is 13.4. The molecule has 2 aromatic rings. The monoisotopic (exact) mass is 398 g/mol. The number of carboxylic acids is 1. The molecule has 1 saturated carbocycles. The van der Waals surface area contributed by atoms with Crippen molar-refractivity contribution < 1.29 is 14.7 Å². The van der Waals surface area contributed by atoms with Crippen molar-refractivity contribution in [2.24, 2.45) is 5.92 Å². The number of carbonyl (C=O) groups excluding carboxylic acids is 1. The van der Waals surface area contributed by atoms with Gasteiger partial charge in [0, 0.05) is 28.6 Å². The van der Waals surface area contributed by atoms with Crippen LogP contribution in [0.3, 0.4) is 0 Å². The van der Waals surface area contributed by atoms with E-state index in [0.717, 1.165) is 12.8 Å². The SMILES string of the molecule is CC(CN(C(=O)c1csc(-c2ccc(Cl)cc2Cl)n1)C1CC1)C(=O)O. The molecule has 1 aromatic heterocycles. The van der Waals surface area contributed by atoms with Crippen molar-refractivity contribution in [3.8, 4) is 10.6 Å². The Bertz CT molecular complexity index is 820. The highest BCUT2D eigenvalue weighted by Gasteiger charge is 2.35. The predicted octanol–water partition coefficient (Wildman–Crippen LogP) is 4.44. The summed E-state index contributed by atoms with van der Waals surface area (Å²) in [5.41, 5.74) is 1.03. The second-order valence-electron chi connectivity index (χ2n) is 6.09. The van der Waals surface area contributed by atoms with Gasteiger partial charge in [-0.25, -0.2) is 4.98 Å². The summed E-state index contributed by atoms with van der Waals surface area (Å²) < 4.78 is 0. The smallest absolute Gasteiger partial charge is 0.308 e. The first kappa shape index (κ1) is 18.2. The van der Waals surface area contributed by atoms with E-state index < -0.39 is 11.9 Å². The summed E-state index contributed by atoms with van der Waals surface area (Å²) in [5.74, 6) is -1.76. The number of nitrogens with zero attached hydrogens (tertiary/aromatic N) is 2. The number of benzene rings is 1. The van der Waals surface area contributed by atoms with Crippen molar-refractivity contribution in [2.75, 3.05) is 6.54 Å². The van der Waals surface area contributed by atoms with Gasteiger partial charge in [-0.05, 0) is 31.0 Å². The molecule has 1 atom stereocenters. The largest absolute Gasteiger partial charge is 0.481 e. The van der Waals surface area contributed by atoms with Gasteiger partial charge in [-0.3, -0.25) is 9.59 Å². The van der Waals surface area contributed by atoms with Crippen LogP contribution in [0, 0.1) is 5.92 Å². The number of thiazole rings is 1. The quantitative estimate of drug-likeness (QED) is 0.780. The molecule has 0 spiro atoms. The number of carboxylic acid groups (broad SMARTS) is 1. The van der Waals surface area contributed by atoms with E-state index in [1.54, 1.807) is 35.4 Å². The van der Waals surface area contributed by atoms with Gasteiger partial charge in [-0.15, -0.1) is 11.3 Å². The first-order valence-corrected chi connectivity index (χ1v) is 9.45. The molecule has 25 heavy (non-hydrogen) atoms. The van der Waals surface area contributed by atoms with Crippen molar-refractivity contribution >= 4 is 46.4 Å². The summed E-state index contributed by atoms with van der Waals surface area (Å²) in [5, 5.41) is 12.4. The predicted molar refractivity (Wildman–Crippen MR) is 98.4 cm³/mol. The molecule has 0 saturated heterocycles. The highest BCUT2D eigenvalue weighted by Crippen LogP contribution is 2.34. The van der Waals surface area contributed by atoms with Crippen molar-refractivity contribution in [1.29, 1.82) is 0 Å². The molecule has 1 unspecified atom stereocenters. The molecule has 1 aromatic carbocycles. The molecule has 5 nitrogen and oxygen atoms in total. The van der Waals surface area contributed by atoms with Crippen LogP contribution in [-0.2, 0) is 4.79 Å². The molecule has 132 valence electrons. The highest BCUT2D eigenvalue weighted by atomic mass is 35.5. The summed E-state index contributed by atoms with van der Waals surface area (Å²) in [6, 6.07) is 5.23. The Hall–Kier alpha value is -1.63. The minimum absolute atomic E-state index is 0.110. The summed E-state index contributed by atoms with van der Waals surface area (Å²) in [4.78, 5) is 29.9. The molecule has 3 rings (SSSR count). The van der Waals surface area contributed by atoms with Crippen molar-refractivity contribution in [1.82, 2.24) is 9.88 Å². The van der Waals surface area contributed by atoms with E-state index in [-0.39, 0.29) is 18.5 Å². The number of hydrogen-bond acceptors (Lipinski definition) is 4. The fourth-order valence-electron chi connectivity index (χ4n) is 2.46. The summed E-state index contributed by atoms with van der Waals surface area (Å²) >= 11 is 13.4. The molecule has 8 heteroatoms. The van der Waals surface area contributed by atoms with Crippen molar-refractivity contribution in [3.63, 3.8) is 0 Å². The third-order valence-electron chi connectivity index (χ3n) is 4.03. The maximum Gasteiger partial charge on any atom is 0.308 e. The van der Waals surface area contributed by atoms with E-state index >= 15 is 0 Å². The third kappa shape index (κ3) is 4.14. The molecule has 1 aliphatic carbocycles. The zero-order chi connectivity index (χ0) is 18.1. The van der Waals surface area contributed by atoms with Crippen LogP contribution in [0.2, 0.25) is 10.0 Å². The highest BCUT2D eigenvalue weighted by molar-refractivity contribution is 7.13. The second kappa shape index (κ2) is 7.32. The van der Waals surface area contributed by atoms with Crippen LogP contribution >= 0.6 is 34.5 Å². The number of carbonyl (C=O) groups is 2. The van der Waals surface area contributed by atoms with Gasteiger partial charge in [0.2, 0.25) is 0 Å². The number of halogens is 2. The number of aromatic nitrogens is 1. The van der Waals surface area contributed by atoms with Crippen LogP contribution in [-0.4, -0.2) is 39.5 Å². The van der Waals surface area contributed by atoms with Gasteiger partial charge < -0.3 is 10.0 Å². The molecular formula is C17H16Cl2N2O3S. The first-order chi connectivity index (χ1) is 11.9. The normalized spacial score (nSPS) is 15.0. The van der Waals surface area contributed by atoms with Gasteiger partial charge >= 0.3 is 5.97 Å². The number of amides is 1. The second-order valence-corrected chi connectivity index (χ2v) is 7.79. The van der Waals surface area contributed by atoms with E-state index in [2.05, 4.69) is 4.98 Å². The average Bonchev–Trinajstić information content (AvgIpc) is 3.28. The minimum Gasteiger partial charge on any atom is -0.481 e. The Balaban J connectivity index is 1.82. The van der Waals surface area contributed by atoms with Crippen molar-refractivity contribution in [3.05, 3.63) is 39.3 Å². The van der Waals surface area contributed by atoms with Crippen molar-refractivity contribution in [2.45, 2.75) is 25.8 Å². The zero-order valence-corrected chi connectivity index (χ0v) is 15.7. The van der Waals surface area contributed by atoms with Crippen LogP contribution in [0.5, 0.6) is 0 Å². The standard InChI is InChI=1S/C17H16Cl2N2O3S/c1-9(17(23)24)7-21(11-3-4-11)16(22)14-8-25-15(20-14)12-5-2-10(18)6-13(12)19/h2,5-6,8-9,11H,3-4,7H2,1H3,(H,23,24). The lowest BCUT2D eigenvalue weighted by Gasteiger charge is -2.23. The van der Waals surface area contributed by atoms with E-state index in [1.165, 1.54) is 11.3 Å². The fraction of sp³-hybridized carbons (Fsp3) is 0.353. The maximum absolute atomic E-state index is 12.8. The van der Waals surface area contributed by atoms with E-state index in [0.29, 0.717) is 26.3 Å². The lowest BCUT2D eigenvalue weighted by atomic mass is 10.1. The number of rotatable bonds is 6. The van der Waals surface area contributed by atoms with Gasteiger partial charge in [0.15, 0.2) is 0 Å². The van der Waals surface area contributed by atoms with Crippen LogP contribution in [0.25, 0.3) is 10.6 Å². The van der Waals surface area contributed by atoms with Gasteiger partial charge in [-0.1, -0.05) is 30.1 Å². The Morgan fingerprint density at radius 1 is 1.40 bits per heavy atom. The Morgan fingerprint density at radius 3 is 2.72 bits per heavy atom. The maximum atomic E-state index is 12.8. The van der Waals surface area contributed by atoms with Crippen LogP contribution in [0.15, 0.2) is 23.6 Å². The van der Waals surface area contributed by atoms with Gasteiger partial charge in [-0.2, -0.15) is 0 Å². The first-order valence-electron chi connectivity index (χ1n) is 7.81. The third-order valence-corrected chi connectivity index (χ3v) is 5.45. The molecule has 1 fully saturated rings. The fourth-order valence-corrected chi connectivity index (χ4v) is 3.85. The van der Waals surface area contributed by atoms with Crippen LogP contribution < -0.4 is 0 Å². The lowest BCUT2D eigenvalue weighted by Crippen LogP contribution is -2.38. The Kier molecular flexibility index (Phi) is 5.32. The van der Waals surface area contributed by atoms with E-state index in [1.807, 2.05) is 0 Å². The van der Waals surface area contributed by atoms with E-state index in [9.17, 15) is 9.59 Å². The molecular weight excluding hydrogens is 383 g/mol. The Labute approximate surface area is 159 Å². The summed E-state index contributed by atoms with van der Waals surface area (Å²) in [6.07, 6.45) is 1.80. The lowest BCUT2D eigenvalue weighted by molar-refractivity contribution is -0.141. The van der Waals surface area contributed by atoms with Crippen LogP contribution in [0.4, 0.5) is 0 Å². The van der Waals surface area contributed by atoms with Crippen LogP contribution in [0.1, 0.15) is 30.3 Å². The molecule has 0 bridgehead atoms. The summed E-state index contributed by atoms with van der Waals surface area (Å²) in [6.45, 7) is 1.79. The molecule has 0 radical (unpaired) electrons.